The van der Waals surface area contributed by atoms with Crippen molar-refractivity contribution in [3.63, 3.8) is 0 Å². The molecule has 0 spiro atoms. The highest BCUT2D eigenvalue weighted by Crippen LogP contribution is 2.35. The van der Waals surface area contributed by atoms with E-state index in [-0.39, 0.29) is 17.6 Å². The zero-order valence-electron chi connectivity index (χ0n) is 10.0. The number of benzene rings is 2. The zero-order chi connectivity index (χ0) is 13.0. The van der Waals surface area contributed by atoms with E-state index >= 15 is 0 Å². The molecule has 1 aliphatic heterocycles. The van der Waals surface area contributed by atoms with Crippen LogP contribution in [0.1, 0.15) is 26.3 Å². The lowest BCUT2D eigenvalue weighted by atomic mass is 9.91. The minimum absolute atomic E-state index is 0.0748. The van der Waals surface area contributed by atoms with Gasteiger partial charge in [0, 0.05) is 18.0 Å². The van der Waals surface area contributed by atoms with Crippen molar-refractivity contribution in [2.24, 2.45) is 0 Å². The van der Waals surface area contributed by atoms with Crippen LogP contribution in [-0.2, 0) is 0 Å². The molecule has 0 saturated heterocycles. The Morgan fingerprint density at radius 2 is 1.78 bits per heavy atom. The van der Waals surface area contributed by atoms with Gasteiger partial charge in [-0.15, -0.1) is 0 Å². The molecular weight excluding hydrogens is 230 g/mol. The van der Waals surface area contributed by atoms with Crippen LogP contribution in [0, 0.1) is 6.92 Å². The summed E-state index contributed by atoms with van der Waals surface area (Å²) >= 11 is 0. The normalized spacial score (nSPS) is 14.4. The van der Waals surface area contributed by atoms with Gasteiger partial charge in [-0.3, -0.25) is 14.5 Å². The monoisotopic (exact) mass is 241 g/mol. The number of hydrogen-bond donors (Lipinski definition) is 1. The maximum atomic E-state index is 12.1. The van der Waals surface area contributed by atoms with Crippen LogP contribution in [0.3, 0.4) is 0 Å². The summed E-state index contributed by atoms with van der Waals surface area (Å²) < 4.78 is 0. The van der Waals surface area contributed by atoms with Crippen LogP contribution in [0.15, 0.2) is 24.3 Å². The molecule has 2 aromatic rings. The third kappa shape index (κ3) is 1.14. The van der Waals surface area contributed by atoms with Crippen molar-refractivity contribution in [1.29, 1.82) is 0 Å². The molecule has 4 nitrogen and oxygen atoms in total. The van der Waals surface area contributed by atoms with Crippen LogP contribution in [0.2, 0.25) is 0 Å². The van der Waals surface area contributed by atoms with E-state index in [0.29, 0.717) is 22.1 Å². The molecule has 0 fully saturated rings. The van der Waals surface area contributed by atoms with Crippen molar-refractivity contribution in [2.75, 3.05) is 7.05 Å². The highest BCUT2D eigenvalue weighted by Gasteiger charge is 2.31. The summed E-state index contributed by atoms with van der Waals surface area (Å²) in [7, 11) is 1.45. The van der Waals surface area contributed by atoms with Crippen LogP contribution >= 0.6 is 0 Å². The number of amides is 2. The lowest BCUT2D eigenvalue weighted by Crippen LogP contribution is -2.36. The molecule has 4 heteroatoms. The quantitative estimate of drug-likeness (QED) is 0.718. The molecule has 18 heavy (non-hydrogen) atoms. The average Bonchev–Trinajstić information content (AvgIpc) is 2.38. The molecule has 1 heterocycles. The Morgan fingerprint density at radius 3 is 2.50 bits per heavy atom. The third-order valence-corrected chi connectivity index (χ3v) is 3.47. The number of hydrogen-bond acceptors (Lipinski definition) is 3. The van der Waals surface area contributed by atoms with Crippen molar-refractivity contribution >= 4 is 22.6 Å². The van der Waals surface area contributed by atoms with E-state index in [1.807, 2.05) is 6.07 Å². The molecule has 0 saturated carbocycles. The molecule has 0 radical (unpaired) electrons. The molecule has 0 bridgehead atoms. The second-order valence-corrected chi connectivity index (χ2v) is 4.47. The molecule has 1 aliphatic rings. The van der Waals surface area contributed by atoms with Gasteiger partial charge in [-0.05, 0) is 30.0 Å². The number of phenolic OH excluding ortho intramolecular Hbond substituents is 1. The summed E-state index contributed by atoms with van der Waals surface area (Å²) in [5.74, 6) is -0.604. The predicted molar refractivity (Wildman–Crippen MR) is 66.8 cm³/mol. The first kappa shape index (κ1) is 10.8. The van der Waals surface area contributed by atoms with Gasteiger partial charge >= 0.3 is 0 Å². The van der Waals surface area contributed by atoms with Crippen molar-refractivity contribution < 1.29 is 14.7 Å². The molecular formula is C14H11NO3. The Kier molecular flexibility index (Phi) is 1.99. The van der Waals surface area contributed by atoms with Gasteiger partial charge in [-0.1, -0.05) is 12.1 Å². The highest BCUT2D eigenvalue weighted by atomic mass is 16.3. The Hall–Kier alpha value is -2.36. The SMILES string of the molecule is Cc1c(O)cc2c3c(cccc13)C(=O)N(C)C2=O. The summed E-state index contributed by atoms with van der Waals surface area (Å²) in [4.78, 5) is 25.2. The van der Waals surface area contributed by atoms with E-state index < -0.39 is 0 Å². The van der Waals surface area contributed by atoms with Crippen LogP contribution in [-0.4, -0.2) is 28.9 Å². The van der Waals surface area contributed by atoms with Gasteiger partial charge in [0.05, 0.1) is 5.56 Å². The van der Waals surface area contributed by atoms with Crippen molar-refractivity contribution in [3.05, 3.63) is 41.0 Å². The molecule has 0 unspecified atom stereocenters. The first-order chi connectivity index (χ1) is 8.52. The summed E-state index contributed by atoms with van der Waals surface area (Å²) in [6.07, 6.45) is 0. The average molecular weight is 241 g/mol. The number of aryl methyl sites for hydroxylation is 1. The molecule has 2 aromatic carbocycles. The second kappa shape index (κ2) is 3.32. The van der Waals surface area contributed by atoms with Crippen LogP contribution in [0.4, 0.5) is 0 Å². The molecule has 0 aliphatic carbocycles. The van der Waals surface area contributed by atoms with Crippen molar-refractivity contribution in [1.82, 2.24) is 4.90 Å². The standard InChI is InChI=1S/C14H11NO3/c1-7-8-4-3-5-9-12(8)10(6-11(7)16)14(18)15(2)13(9)17/h3-6,16H,1-2H3. The van der Waals surface area contributed by atoms with E-state index in [9.17, 15) is 14.7 Å². The Labute approximate surface area is 103 Å². The smallest absolute Gasteiger partial charge is 0.261 e. The van der Waals surface area contributed by atoms with Gasteiger partial charge in [0.25, 0.3) is 11.8 Å². The van der Waals surface area contributed by atoms with E-state index in [1.54, 1.807) is 19.1 Å². The first-order valence-corrected chi connectivity index (χ1v) is 5.60. The van der Waals surface area contributed by atoms with E-state index in [4.69, 9.17) is 0 Å². The van der Waals surface area contributed by atoms with E-state index in [0.717, 1.165) is 10.3 Å². The molecule has 2 amide bonds. The number of phenols is 1. The summed E-state index contributed by atoms with van der Waals surface area (Å²) in [5.41, 5.74) is 1.57. The fourth-order valence-corrected chi connectivity index (χ4v) is 2.41. The van der Waals surface area contributed by atoms with Crippen LogP contribution < -0.4 is 0 Å². The van der Waals surface area contributed by atoms with Crippen molar-refractivity contribution in [2.45, 2.75) is 6.92 Å². The van der Waals surface area contributed by atoms with Crippen LogP contribution in [0.25, 0.3) is 10.8 Å². The number of imide groups is 1. The van der Waals surface area contributed by atoms with Gasteiger partial charge < -0.3 is 5.11 Å². The lowest BCUT2D eigenvalue weighted by molar-refractivity contribution is 0.0650. The molecule has 1 N–H and O–H groups in total. The number of carbonyl (C=O) groups is 2. The van der Waals surface area contributed by atoms with Gasteiger partial charge in [0.2, 0.25) is 0 Å². The Morgan fingerprint density at radius 1 is 1.11 bits per heavy atom. The second-order valence-electron chi connectivity index (χ2n) is 4.47. The molecule has 0 atom stereocenters. The topological polar surface area (TPSA) is 57.6 Å². The fraction of sp³-hybridized carbons (Fsp3) is 0.143. The number of nitrogens with zero attached hydrogens (tertiary/aromatic N) is 1. The Balaban J connectivity index is 2.57. The molecule has 90 valence electrons. The van der Waals surface area contributed by atoms with Gasteiger partial charge in [-0.2, -0.15) is 0 Å². The predicted octanol–water partition coefficient (Wildman–Crippen LogP) is 2.08. The summed E-state index contributed by atoms with van der Waals surface area (Å²) in [5, 5.41) is 11.2. The minimum atomic E-state index is -0.376. The third-order valence-electron chi connectivity index (χ3n) is 3.47. The zero-order valence-corrected chi connectivity index (χ0v) is 10.0. The molecule has 0 aromatic heterocycles. The number of rotatable bonds is 0. The van der Waals surface area contributed by atoms with Crippen molar-refractivity contribution in [3.8, 4) is 5.75 Å². The number of aromatic hydroxyl groups is 1. The maximum Gasteiger partial charge on any atom is 0.261 e. The maximum absolute atomic E-state index is 12.1. The molecule has 3 rings (SSSR count). The first-order valence-electron chi connectivity index (χ1n) is 5.60. The highest BCUT2D eigenvalue weighted by molar-refractivity contribution is 6.25. The fourth-order valence-electron chi connectivity index (χ4n) is 2.41. The summed E-state index contributed by atoms with van der Waals surface area (Å²) in [6, 6.07) is 6.71. The minimum Gasteiger partial charge on any atom is -0.508 e. The largest absolute Gasteiger partial charge is 0.508 e. The van der Waals surface area contributed by atoms with Crippen LogP contribution in [0.5, 0.6) is 5.75 Å². The lowest BCUT2D eigenvalue weighted by Gasteiger charge is -2.24. The van der Waals surface area contributed by atoms with E-state index in [1.165, 1.54) is 13.1 Å². The summed E-state index contributed by atoms with van der Waals surface area (Å²) in [6.45, 7) is 1.77. The van der Waals surface area contributed by atoms with Gasteiger partial charge in [-0.25, -0.2) is 0 Å². The van der Waals surface area contributed by atoms with Gasteiger partial charge in [0.1, 0.15) is 5.75 Å². The Bertz CT molecular complexity index is 719. The number of carbonyl (C=O) groups excluding carboxylic acids is 2. The van der Waals surface area contributed by atoms with E-state index in [2.05, 4.69) is 0 Å². The van der Waals surface area contributed by atoms with Gasteiger partial charge in [0.15, 0.2) is 0 Å².